The second-order valence-corrected chi connectivity index (χ2v) is 5.81. The molecular formula is C18H27FIN5. The van der Waals surface area contributed by atoms with Crippen molar-refractivity contribution in [3.8, 4) is 0 Å². The third-order valence-corrected chi connectivity index (χ3v) is 3.76. The monoisotopic (exact) mass is 459 g/mol. The molecule has 2 aromatic rings. The summed E-state index contributed by atoms with van der Waals surface area (Å²) in [7, 11) is 1.75. The Morgan fingerprint density at radius 2 is 1.96 bits per heavy atom. The van der Waals surface area contributed by atoms with Gasteiger partial charge >= 0.3 is 0 Å². The van der Waals surface area contributed by atoms with E-state index in [9.17, 15) is 4.39 Å². The summed E-state index contributed by atoms with van der Waals surface area (Å²) in [6.45, 7) is 6.48. The predicted molar refractivity (Wildman–Crippen MR) is 111 cm³/mol. The van der Waals surface area contributed by atoms with Crippen molar-refractivity contribution in [3.05, 3.63) is 53.1 Å². The van der Waals surface area contributed by atoms with Crippen molar-refractivity contribution in [2.45, 2.75) is 33.2 Å². The summed E-state index contributed by atoms with van der Waals surface area (Å²) < 4.78 is 15.2. The molecule has 1 aromatic heterocycles. The van der Waals surface area contributed by atoms with E-state index < -0.39 is 0 Å². The first-order chi connectivity index (χ1) is 11.6. The van der Waals surface area contributed by atoms with Crippen LogP contribution in [0.1, 0.15) is 23.4 Å². The van der Waals surface area contributed by atoms with Gasteiger partial charge in [0, 0.05) is 32.4 Å². The van der Waals surface area contributed by atoms with Gasteiger partial charge in [-0.25, -0.2) is 4.39 Å². The lowest BCUT2D eigenvalue weighted by atomic mass is 10.1. The number of nitrogens with one attached hydrogen (secondary N) is 2. The smallest absolute Gasteiger partial charge is 0.190 e. The molecular weight excluding hydrogens is 432 g/mol. The molecule has 1 heterocycles. The number of aliphatic imine (C=N–C) groups is 1. The Bertz CT molecular complexity index is 684. The van der Waals surface area contributed by atoms with Crippen molar-refractivity contribution in [2.75, 3.05) is 20.1 Å². The predicted octanol–water partition coefficient (Wildman–Crippen LogP) is 3.05. The summed E-state index contributed by atoms with van der Waals surface area (Å²) in [4.78, 5) is 4.20. The molecule has 0 saturated heterocycles. The lowest BCUT2D eigenvalue weighted by Crippen LogP contribution is -2.39. The Kier molecular flexibility index (Phi) is 9.48. The number of nitrogens with zero attached hydrogens (tertiary/aromatic N) is 3. The van der Waals surface area contributed by atoms with Crippen LogP contribution in [-0.4, -0.2) is 35.9 Å². The number of aromatic nitrogens is 2. The van der Waals surface area contributed by atoms with Crippen LogP contribution in [-0.2, 0) is 13.0 Å². The number of aryl methyl sites for hydroxylation is 3. The highest BCUT2D eigenvalue weighted by molar-refractivity contribution is 14.0. The van der Waals surface area contributed by atoms with E-state index in [1.165, 1.54) is 11.8 Å². The standard InChI is InChI=1S/C18H26FN5.HI/c1-14-12-15(2)24(23-14)11-5-9-21-18(20-3)22-10-8-16-6-4-7-17(19)13-16;/h4,6-7,12-13H,5,8-11H2,1-3H3,(H2,20,21,22);1H. The van der Waals surface area contributed by atoms with Crippen molar-refractivity contribution in [1.82, 2.24) is 20.4 Å². The van der Waals surface area contributed by atoms with Gasteiger partial charge in [-0.1, -0.05) is 12.1 Å². The van der Waals surface area contributed by atoms with E-state index in [2.05, 4.69) is 33.7 Å². The van der Waals surface area contributed by atoms with E-state index in [0.717, 1.165) is 43.1 Å². The first kappa shape index (κ1) is 21.4. The summed E-state index contributed by atoms with van der Waals surface area (Å²) in [6, 6.07) is 8.76. The average Bonchev–Trinajstić information content (AvgIpc) is 2.87. The first-order valence-electron chi connectivity index (χ1n) is 8.28. The highest BCUT2D eigenvalue weighted by Gasteiger charge is 2.02. The molecule has 0 amide bonds. The fourth-order valence-corrected chi connectivity index (χ4v) is 2.58. The summed E-state index contributed by atoms with van der Waals surface area (Å²) >= 11 is 0. The van der Waals surface area contributed by atoms with Crippen LogP contribution in [0.4, 0.5) is 4.39 Å². The minimum Gasteiger partial charge on any atom is -0.356 e. The van der Waals surface area contributed by atoms with E-state index in [-0.39, 0.29) is 29.8 Å². The highest BCUT2D eigenvalue weighted by Crippen LogP contribution is 2.04. The van der Waals surface area contributed by atoms with E-state index in [0.29, 0.717) is 6.54 Å². The van der Waals surface area contributed by atoms with Crippen molar-refractivity contribution >= 4 is 29.9 Å². The number of hydrogen-bond donors (Lipinski definition) is 2. The van der Waals surface area contributed by atoms with Crippen LogP contribution in [0.2, 0.25) is 0 Å². The summed E-state index contributed by atoms with van der Waals surface area (Å²) in [5, 5.41) is 11.0. The normalized spacial score (nSPS) is 11.1. The molecule has 0 unspecified atom stereocenters. The minimum absolute atomic E-state index is 0. The Morgan fingerprint density at radius 3 is 2.60 bits per heavy atom. The first-order valence-corrected chi connectivity index (χ1v) is 8.28. The van der Waals surface area contributed by atoms with Crippen molar-refractivity contribution < 1.29 is 4.39 Å². The van der Waals surface area contributed by atoms with Gasteiger partial charge in [0.25, 0.3) is 0 Å². The average molecular weight is 459 g/mol. The topological polar surface area (TPSA) is 54.2 Å². The Labute approximate surface area is 166 Å². The minimum atomic E-state index is -0.195. The van der Waals surface area contributed by atoms with Crippen LogP contribution in [0.5, 0.6) is 0 Å². The molecule has 0 saturated carbocycles. The number of guanidine groups is 1. The maximum absolute atomic E-state index is 13.1. The molecule has 0 fully saturated rings. The van der Waals surface area contributed by atoms with Gasteiger partial charge in [0.05, 0.1) is 5.69 Å². The Morgan fingerprint density at radius 1 is 1.20 bits per heavy atom. The second-order valence-electron chi connectivity index (χ2n) is 5.81. The van der Waals surface area contributed by atoms with Crippen LogP contribution in [0.25, 0.3) is 0 Å². The zero-order valence-electron chi connectivity index (χ0n) is 15.1. The van der Waals surface area contributed by atoms with Crippen molar-refractivity contribution in [3.63, 3.8) is 0 Å². The molecule has 2 N–H and O–H groups in total. The fourth-order valence-electron chi connectivity index (χ4n) is 2.58. The van der Waals surface area contributed by atoms with Crippen molar-refractivity contribution in [2.24, 2.45) is 4.99 Å². The third kappa shape index (κ3) is 7.41. The Balaban J connectivity index is 0.00000312. The van der Waals surface area contributed by atoms with E-state index in [4.69, 9.17) is 0 Å². The van der Waals surface area contributed by atoms with Crippen LogP contribution < -0.4 is 10.6 Å². The fraction of sp³-hybridized carbons (Fsp3) is 0.444. The number of benzene rings is 1. The molecule has 0 atom stereocenters. The molecule has 2 rings (SSSR count). The molecule has 0 aliphatic heterocycles. The number of halogens is 2. The van der Waals surface area contributed by atoms with Gasteiger partial charge in [-0.2, -0.15) is 5.10 Å². The quantitative estimate of drug-likeness (QED) is 0.290. The van der Waals surface area contributed by atoms with Gasteiger partial charge in [-0.05, 0) is 50.5 Å². The van der Waals surface area contributed by atoms with Gasteiger partial charge in [0.1, 0.15) is 5.82 Å². The second kappa shape index (κ2) is 11.1. The van der Waals surface area contributed by atoms with E-state index in [1.54, 1.807) is 19.2 Å². The molecule has 0 bridgehead atoms. The summed E-state index contributed by atoms with van der Waals surface area (Å²) in [5.41, 5.74) is 3.21. The van der Waals surface area contributed by atoms with Crippen molar-refractivity contribution in [1.29, 1.82) is 0 Å². The molecule has 0 aliphatic rings. The molecule has 25 heavy (non-hydrogen) atoms. The Hall–Kier alpha value is -1.64. The molecule has 7 heteroatoms. The lowest BCUT2D eigenvalue weighted by molar-refractivity contribution is 0.555. The number of rotatable bonds is 7. The molecule has 0 radical (unpaired) electrons. The summed E-state index contributed by atoms with van der Waals surface area (Å²) in [5.74, 6) is 0.568. The zero-order chi connectivity index (χ0) is 17.4. The van der Waals surface area contributed by atoms with E-state index in [1.807, 2.05) is 17.7 Å². The highest BCUT2D eigenvalue weighted by atomic mass is 127. The maximum atomic E-state index is 13.1. The van der Waals surface area contributed by atoms with Gasteiger partial charge in [0.15, 0.2) is 5.96 Å². The van der Waals surface area contributed by atoms with Gasteiger partial charge in [-0.3, -0.25) is 9.67 Å². The maximum Gasteiger partial charge on any atom is 0.190 e. The van der Waals surface area contributed by atoms with Crippen LogP contribution in [0.15, 0.2) is 35.3 Å². The lowest BCUT2D eigenvalue weighted by Gasteiger charge is -2.12. The van der Waals surface area contributed by atoms with Gasteiger partial charge in [0.2, 0.25) is 0 Å². The molecule has 0 spiro atoms. The van der Waals surface area contributed by atoms with Crippen LogP contribution in [0, 0.1) is 19.7 Å². The molecule has 138 valence electrons. The third-order valence-electron chi connectivity index (χ3n) is 3.76. The molecule has 5 nitrogen and oxygen atoms in total. The van der Waals surface area contributed by atoms with Crippen LogP contribution in [0.3, 0.4) is 0 Å². The summed E-state index contributed by atoms with van der Waals surface area (Å²) in [6.07, 6.45) is 1.72. The number of hydrogen-bond acceptors (Lipinski definition) is 2. The SMILES string of the molecule is CN=C(NCCCn1nc(C)cc1C)NCCc1cccc(F)c1.I. The van der Waals surface area contributed by atoms with Gasteiger partial charge < -0.3 is 10.6 Å². The largest absolute Gasteiger partial charge is 0.356 e. The zero-order valence-corrected chi connectivity index (χ0v) is 17.4. The molecule has 1 aromatic carbocycles. The van der Waals surface area contributed by atoms with Crippen LogP contribution >= 0.6 is 24.0 Å². The van der Waals surface area contributed by atoms with Gasteiger partial charge in [-0.15, -0.1) is 24.0 Å². The van der Waals surface area contributed by atoms with E-state index >= 15 is 0 Å². The molecule has 0 aliphatic carbocycles.